The second kappa shape index (κ2) is 5.63. The molecule has 0 spiro atoms. The Balaban J connectivity index is 1.94. The van der Waals surface area contributed by atoms with Gasteiger partial charge in [0.05, 0.1) is 7.11 Å². The number of anilines is 1. The highest BCUT2D eigenvalue weighted by Crippen LogP contribution is 2.10. The number of halogens is 1. The van der Waals surface area contributed by atoms with Crippen molar-refractivity contribution in [3.63, 3.8) is 0 Å². The van der Waals surface area contributed by atoms with Crippen LogP contribution >= 0.6 is 11.6 Å². The summed E-state index contributed by atoms with van der Waals surface area (Å²) < 4.78 is 6.86. The number of aryl methyl sites for hydroxylation is 1. The number of nitrogens with zero attached hydrogens (tertiary/aromatic N) is 5. The van der Waals surface area contributed by atoms with Gasteiger partial charge in [0.15, 0.2) is 0 Å². The molecule has 18 heavy (non-hydrogen) atoms. The fourth-order valence-electron chi connectivity index (χ4n) is 1.43. The minimum Gasteiger partial charge on any atom is -0.467 e. The molecule has 0 saturated carbocycles. The molecule has 96 valence electrons. The van der Waals surface area contributed by atoms with Crippen molar-refractivity contribution in [1.82, 2.24) is 24.5 Å². The summed E-state index contributed by atoms with van der Waals surface area (Å²) in [5.74, 6) is 1.37. The summed E-state index contributed by atoms with van der Waals surface area (Å²) in [4.78, 5) is 16.0. The summed E-state index contributed by atoms with van der Waals surface area (Å²) in [6.07, 6.45) is 4.42. The van der Waals surface area contributed by atoms with Gasteiger partial charge in [0.25, 0.3) is 0 Å². The lowest BCUT2D eigenvalue weighted by atomic mass is 10.4. The van der Waals surface area contributed by atoms with Crippen molar-refractivity contribution in [3.05, 3.63) is 23.5 Å². The molecule has 2 aromatic rings. The van der Waals surface area contributed by atoms with Crippen molar-refractivity contribution in [3.8, 4) is 6.01 Å². The van der Waals surface area contributed by atoms with Crippen molar-refractivity contribution >= 4 is 17.5 Å². The van der Waals surface area contributed by atoms with Crippen LogP contribution in [0.15, 0.2) is 12.4 Å². The zero-order chi connectivity index (χ0) is 13.0. The van der Waals surface area contributed by atoms with E-state index in [4.69, 9.17) is 16.3 Å². The number of nitrogens with one attached hydrogen (secondary N) is 1. The minimum absolute atomic E-state index is 0.0985. The van der Waals surface area contributed by atoms with Crippen LogP contribution in [-0.4, -0.2) is 38.2 Å². The molecule has 0 aliphatic rings. The molecule has 0 unspecified atom stereocenters. The van der Waals surface area contributed by atoms with E-state index in [1.165, 1.54) is 7.11 Å². The predicted octanol–water partition coefficient (Wildman–Crippen LogP) is 0.922. The van der Waals surface area contributed by atoms with Gasteiger partial charge in [-0.1, -0.05) is 0 Å². The van der Waals surface area contributed by atoms with Crippen LogP contribution in [0.2, 0.25) is 5.28 Å². The second-order valence-corrected chi connectivity index (χ2v) is 3.88. The average molecular weight is 269 g/mol. The normalized spacial score (nSPS) is 10.4. The second-order valence-electron chi connectivity index (χ2n) is 3.55. The van der Waals surface area contributed by atoms with Crippen LogP contribution in [0.5, 0.6) is 6.01 Å². The Bertz CT molecular complexity index is 529. The van der Waals surface area contributed by atoms with E-state index < -0.39 is 0 Å². The van der Waals surface area contributed by atoms with Crippen LogP contribution < -0.4 is 10.1 Å². The monoisotopic (exact) mass is 268 g/mol. The quantitative estimate of drug-likeness (QED) is 0.869. The SMILES string of the molecule is COc1nc(Cl)nc(NCCc2nccn2C)n1. The van der Waals surface area contributed by atoms with Crippen molar-refractivity contribution in [1.29, 1.82) is 0 Å². The number of ether oxygens (including phenoxy) is 1. The van der Waals surface area contributed by atoms with E-state index in [2.05, 4.69) is 25.3 Å². The van der Waals surface area contributed by atoms with Gasteiger partial charge >= 0.3 is 6.01 Å². The van der Waals surface area contributed by atoms with E-state index in [9.17, 15) is 0 Å². The molecule has 0 fully saturated rings. The molecular weight excluding hydrogens is 256 g/mol. The third kappa shape index (κ3) is 3.07. The van der Waals surface area contributed by atoms with Crippen molar-refractivity contribution in [2.24, 2.45) is 7.05 Å². The number of hydrogen-bond acceptors (Lipinski definition) is 6. The van der Waals surface area contributed by atoms with E-state index in [1.54, 1.807) is 6.20 Å². The van der Waals surface area contributed by atoms with E-state index in [0.717, 1.165) is 12.2 Å². The molecule has 0 aliphatic heterocycles. The number of methoxy groups -OCH3 is 1. The zero-order valence-electron chi connectivity index (χ0n) is 10.1. The van der Waals surface area contributed by atoms with Gasteiger partial charge in [0.1, 0.15) is 5.82 Å². The summed E-state index contributed by atoms with van der Waals surface area (Å²) in [7, 11) is 3.43. The van der Waals surface area contributed by atoms with Gasteiger partial charge in [0.2, 0.25) is 11.2 Å². The van der Waals surface area contributed by atoms with Gasteiger partial charge in [-0.2, -0.15) is 15.0 Å². The summed E-state index contributed by atoms with van der Waals surface area (Å²) in [6.45, 7) is 0.647. The fraction of sp³-hybridized carbons (Fsp3) is 0.400. The zero-order valence-corrected chi connectivity index (χ0v) is 10.8. The highest BCUT2D eigenvalue weighted by atomic mass is 35.5. The van der Waals surface area contributed by atoms with Crippen LogP contribution in [0.3, 0.4) is 0 Å². The number of hydrogen-bond donors (Lipinski definition) is 1. The molecule has 0 radical (unpaired) electrons. The summed E-state index contributed by atoms with van der Waals surface area (Å²) in [5.41, 5.74) is 0. The number of aromatic nitrogens is 5. The third-order valence-corrected chi connectivity index (χ3v) is 2.49. The number of imidazole rings is 1. The lowest BCUT2D eigenvalue weighted by molar-refractivity contribution is 0.379. The highest BCUT2D eigenvalue weighted by molar-refractivity contribution is 6.28. The Morgan fingerprint density at radius 1 is 1.39 bits per heavy atom. The van der Waals surface area contributed by atoms with Crippen LogP contribution in [-0.2, 0) is 13.5 Å². The van der Waals surface area contributed by atoms with Crippen LogP contribution in [0.25, 0.3) is 0 Å². The summed E-state index contributed by atoms with van der Waals surface area (Å²) in [6, 6.07) is 0.189. The lowest BCUT2D eigenvalue weighted by Gasteiger charge is -2.06. The smallest absolute Gasteiger partial charge is 0.322 e. The molecule has 0 amide bonds. The van der Waals surface area contributed by atoms with Crippen LogP contribution in [0.1, 0.15) is 5.82 Å². The molecule has 0 atom stereocenters. The molecule has 0 aliphatic carbocycles. The molecule has 8 heteroatoms. The maximum absolute atomic E-state index is 5.73. The third-order valence-electron chi connectivity index (χ3n) is 2.32. The molecular formula is C10H13ClN6O. The average Bonchev–Trinajstić information content (AvgIpc) is 2.74. The van der Waals surface area contributed by atoms with Crippen LogP contribution in [0.4, 0.5) is 5.95 Å². The molecule has 0 bridgehead atoms. The first-order chi connectivity index (χ1) is 8.69. The Morgan fingerprint density at radius 2 is 2.22 bits per heavy atom. The van der Waals surface area contributed by atoms with Crippen molar-refractivity contribution in [2.75, 3.05) is 19.0 Å². The number of rotatable bonds is 5. The van der Waals surface area contributed by atoms with Gasteiger partial charge in [-0.15, -0.1) is 0 Å². The molecule has 2 heterocycles. The van der Waals surface area contributed by atoms with Crippen molar-refractivity contribution < 1.29 is 4.74 Å². The van der Waals surface area contributed by atoms with Gasteiger partial charge in [0, 0.05) is 32.4 Å². The summed E-state index contributed by atoms with van der Waals surface area (Å²) in [5, 5.41) is 3.14. The molecule has 7 nitrogen and oxygen atoms in total. The van der Waals surface area contributed by atoms with Gasteiger partial charge in [-0.25, -0.2) is 4.98 Å². The van der Waals surface area contributed by atoms with E-state index in [-0.39, 0.29) is 11.3 Å². The van der Waals surface area contributed by atoms with Crippen molar-refractivity contribution in [2.45, 2.75) is 6.42 Å². The van der Waals surface area contributed by atoms with Gasteiger partial charge < -0.3 is 14.6 Å². The highest BCUT2D eigenvalue weighted by Gasteiger charge is 2.05. The molecule has 2 rings (SSSR count). The molecule has 0 aromatic carbocycles. The Kier molecular flexibility index (Phi) is 3.93. The van der Waals surface area contributed by atoms with Gasteiger partial charge in [-0.05, 0) is 11.6 Å². The van der Waals surface area contributed by atoms with E-state index >= 15 is 0 Å². The lowest BCUT2D eigenvalue weighted by Crippen LogP contribution is -2.11. The Hall–Kier alpha value is -1.89. The van der Waals surface area contributed by atoms with E-state index in [1.807, 2.05) is 17.8 Å². The van der Waals surface area contributed by atoms with Crippen LogP contribution in [0, 0.1) is 0 Å². The van der Waals surface area contributed by atoms with Gasteiger partial charge in [-0.3, -0.25) is 0 Å². The first-order valence-electron chi connectivity index (χ1n) is 5.34. The molecule has 0 saturated heterocycles. The molecule has 2 aromatic heterocycles. The maximum atomic E-state index is 5.73. The molecule has 1 N–H and O–H groups in total. The largest absolute Gasteiger partial charge is 0.467 e. The standard InChI is InChI=1S/C10H13ClN6O/c1-17-6-5-12-7(17)3-4-13-9-14-8(11)15-10(16-9)18-2/h5-6H,3-4H2,1-2H3,(H,13,14,15,16). The Morgan fingerprint density at radius 3 is 2.89 bits per heavy atom. The maximum Gasteiger partial charge on any atom is 0.322 e. The predicted molar refractivity (Wildman–Crippen MR) is 66.8 cm³/mol. The summed E-state index contributed by atoms with van der Waals surface area (Å²) >= 11 is 5.73. The first-order valence-corrected chi connectivity index (χ1v) is 5.72. The topological polar surface area (TPSA) is 77.8 Å². The fourth-order valence-corrected chi connectivity index (χ4v) is 1.58. The van der Waals surface area contributed by atoms with E-state index in [0.29, 0.717) is 12.5 Å². The first kappa shape index (κ1) is 12.6. The Labute approximate surface area is 109 Å². The minimum atomic E-state index is 0.0985.